The molecule has 0 bridgehead atoms. The molecule has 0 heterocycles. The van der Waals surface area contributed by atoms with Crippen molar-refractivity contribution in [3.8, 4) is 0 Å². The van der Waals surface area contributed by atoms with Crippen LogP contribution in [0.5, 0.6) is 0 Å². The van der Waals surface area contributed by atoms with Gasteiger partial charge in [-0.2, -0.15) is 0 Å². The Morgan fingerprint density at radius 1 is 0.789 bits per heavy atom. The molecule has 2 aromatic rings. The minimum atomic E-state index is -3.80. The van der Waals surface area contributed by atoms with Crippen LogP contribution < -0.4 is 11.5 Å². The summed E-state index contributed by atoms with van der Waals surface area (Å²) in [7, 11) is -3.80. The van der Waals surface area contributed by atoms with Crippen LogP contribution in [0, 0.1) is 0 Å². The van der Waals surface area contributed by atoms with E-state index in [9.17, 15) is 8.42 Å². The van der Waals surface area contributed by atoms with Crippen LogP contribution in [0.4, 0.5) is 11.4 Å². The summed E-state index contributed by atoms with van der Waals surface area (Å²) in [4.78, 5) is -0.0724. The second kappa shape index (κ2) is 4.92. The van der Waals surface area contributed by atoms with Crippen molar-refractivity contribution in [1.29, 1.82) is 0 Å². The van der Waals surface area contributed by atoms with Crippen LogP contribution >= 0.6 is 23.2 Å². The Morgan fingerprint density at radius 3 is 1.47 bits per heavy atom. The molecule has 0 unspecified atom stereocenters. The van der Waals surface area contributed by atoms with Gasteiger partial charge in [0, 0.05) is 10.0 Å². The summed E-state index contributed by atoms with van der Waals surface area (Å²) in [5.41, 5.74) is 11.5. The lowest BCUT2D eigenvalue weighted by atomic mass is 10.3. The van der Waals surface area contributed by atoms with E-state index in [1.165, 1.54) is 36.4 Å². The van der Waals surface area contributed by atoms with Crippen molar-refractivity contribution in [2.45, 2.75) is 9.79 Å². The zero-order chi connectivity index (χ0) is 14.2. The molecule has 0 saturated heterocycles. The maximum absolute atomic E-state index is 12.5. The first-order valence-electron chi connectivity index (χ1n) is 5.17. The van der Waals surface area contributed by atoms with Gasteiger partial charge in [0.15, 0.2) is 0 Å². The number of nitrogen functional groups attached to an aromatic ring is 2. The Hall–Kier alpha value is -1.43. The van der Waals surface area contributed by atoms with Gasteiger partial charge in [0.2, 0.25) is 9.84 Å². The fraction of sp³-hybridized carbons (Fsp3) is 0. The standard InChI is InChI=1S/C12H10Cl2N2O2S/c13-7-1-3-11(9(15)5-7)19(17,18)12-4-2-8(14)6-10(12)16/h1-6H,15-16H2. The molecule has 0 amide bonds. The molecule has 0 aliphatic carbocycles. The van der Waals surface area contributed by atoms with Crippen LogP contribution in [-0.4, -0.2) is 8.42 Å². The number of nitrogens with two attached hydrogens (primary N) is 2. The second-order valence-corrected chi connectivity index (χ2v) is 6.63. The van der Waals surface area contributed by atoms with Crippen molar-refractivity contribution in [1.82, 2.24) is 0 Å². The molecule has 19 heavy (non-hydrogen) atoms. The van der Waals surface area contributed by atoms with Gasteiger partial charge in [-0.25, -0.2) is 8.42 Å². The van der Waals surface area contributed by atoms with Crippen LogP contribution in [0.1, 0.15) is 0 Å². The van der Waals surface area contributed by atoms with Crippen molar-refractivity contribution in [2.24, 2.45) is 0 Å². The van der Waals surface area contributed by atoms with Crippen LogP contribution in [0.25, 0.3) is 0 Å². The zero-order valence-electron chi connectivity index (χ0n) is 9.60. The molecule has 7 heteroatoms. The number of hydrogen-bond acceptors (Lipinski definition) is 4. The SMILES string of the molecule is Nc1cc(Cl)ccc1S(=O)(=O)c1ccc(Cl)cc1N. The largest absolute Gasteiger partial charge is 0.398 e. The molecule has 0 saturated carbocycles. The molecule has 0 aromatic heterocycles. The molecule has 0 aliphatic heterocycles. The lowest BCUT2D eigenvalue weighted by Crippen LogP contribution is -2.08. The monoisotopic (exact) mass is 316 g/mol. The topological polar surface area (TPSA) is 86.2 Å². The van der Waals surface area contributed by atoms with E-state index >= 15 is 0 Å². The molecule has 0 aliphatic rings. The third-order valence-electron chi connectivity index (χ3n) is 2.52. The Balaban J connectivity index is 2.65. The Kier molecular flexibility index (Phi) is 3.62. The molecule has 0 radical (unpaired) electrons. The molecule has 4 N–H and O–H groups in total. The minimum Gasteiger partial charge on any atom is -0.398 e. The Bertz CT molecular complexity index is 688. The van der Waals surface area contributed by atoms with E-state index in [0.717, 1.165) is 0 Å². The number of hydrogen-bond donors (Lipinski definition) is 2. The molecule has 2 rings (SSSR count). The lowest BCUT2D eigenvalue weighted by molar-refractivity contribution is 0.597. The molecular formula is C12H10Cl2N2O2S. The fourth-order valence-corrected chi connectivity index (χ4v) is 3.48. The van der Waals surface area contributed by atoms with Crippen LogP contribution in [-0.2, 0) is 9.84 Å². The number of sulfone groups is 1. The maximum atomic E-state index is 12.5. The summed E-state index contributed by atoms with van der Waals surface area (Å²) < 4.78 is 24.9. The summed E-state index contributed by atoms with van der Waals surface area (Å²) >= 11 is 11.5. The zero-order valence-corrected chi connectivity index (χ0v) is 11.9. The molecule has 4 nitrogen and oxygen atoms in total. The average molecular weight is 317 g/mol. The van der Waals surface area contributed by atoms with Gasteiger partial charge in [-0.3, -0.25) is 0 Å². The first-order valence-corrected chi connectivity index (χ1v) is 7.41. The fourth-order valence-electron chi connectivity index (χ4n) is 1.65. The Morgan fingerprint density at radius 2 is 1.16 bits per heavy atom. The van der Waals surface area contributed by atoms with Gasteiger partial charge in [-0.15, -0.1) is 0 Å². The van der Waals surface area contributed by atoms with E-state index < -0.39 is 9.84 Å². The van der Waals surface area contributed by atoms with E-state index in [2.05, 4.69) is 0 Å². The predicted molar refractivity (Wildman–Crippen MR) is 77.2 cm³/mol. The maximum Gasteiger partial charge on any atom is 0.210 e. The quantitative estimate of drug-likeness (QED) is 0.834. The third-order valence-corrected chi connectivity index (χ3v) is 4.89. The summed E-state index contributed by atoms with van der Waals surface area (Å²) in [6.45, 7) is 0. The highest BCUT2D eigenvalue weighted by Gasteiger charge is 2.23. The second-order valence-electron chi connectivity index (χ2n) is 3.87. The first kappa shape index (κ1) is 14.0. The smallest absolute Gasteiger partial charge is 0.210 e. The van der Waals surface area contributed by atoms with Crippen molar-refractivity contribution < 1.29 is 8.42 Å². The van der Waals surface area contributed by atoms with Gasteiger partial charge in [0.25, 0.3) is 0 Å². The highest BCUT2D eigenvalue weighted by atomic mass is 35.5. The number of anilines is 2. The van der Waals surface area contributed by atoms with Gasteiger partial charge in [0.05, 0.1) is 21.2 Å². The van der Waals surface area contributed by atoms with Gasteiger partial charge in [-0.05, 0) is 36.4 Å². The van der Waals surface area contributed by atoms with Crippen LogP contribution in [0.2, 0.25) is 10.0 Å². The molecule has 0 spiro atoms. The van der Waals surface area contributed by atoms with Gasteiger partial charge in [0.1, 0.15) is 0 Å². The van der Waals surface area contributed by atoms with Gasteiger partial charge < -0.3 is 11.5 Å². The number of rotatable bonds is 2. The normalized spacial score (nSPS) is 11.5. The third kappa shape index (κ3) is 2.63. The van der Waals surface area contributed by atoms with E-state index in [1.807, 2.05) is 0 Å². The summed E-state index contributed by atoms with van der Waals surface area (Å²) in [6, 6.07) is 8.36. The summed E-state index contributed by atoms with van der Waals surface area (Å²) in [6.07, 6.45) is 0. The lowest BCUT2D eigenvalue weighted by Gasteiger charge is -2.10. The van der Waals surface area contributed by atoms with E-state index in [4.69, 9.17) is 34.7 Å². The van der Waals surface area contributed by atoms with Gasteiger partial charge >= 0.3 is 0 Å². The molecule has 0 fully saturated rings. The molecular weight excluding hydrogens is 307 g/mol. The highest BCUT2D eigenvalue weighted by Crippen LogP contribution is 2.32. The average Bonchev–Trinajstić information content (AvgIpc) is 2.27. The summed E-state index contributed by atoms with van der Waals surface area (Å²) in [5, 5.41) is 0.723. The van der Waals surface area contributed by atoms with Crippen molar-refractivity contribution in [3.63, 3.8) is 0 Å². The summed E-state index contributed by atoms with van der Waals surface area (Å²) in [5.74, 6) is 0. The first-order chi connectivity index (χ1) is 8.82. The van der Waals surface area contributed by atoms with E-state index in [0.29, 0.717) is 10.0 Å². The molecule has 0 atom stereocenters. The molecule has 100 valence electrons. The van der Waals surface area contributed by atoms with Crippen molar-refractivity contribution in [2.75, 3.05) is 11.5 Å². The van der Waals surface area contributed by atoms with Crippen molar-refractivity contribution in [3.05, 3.63) is 46.4 Å². The van der Waals surface area contributed by atoms with Crippen LogP contribution in [0.3, 0.4) is 0 Å². The van der Waals surface area contributed by atoms with E-state index in [1.54, 1.807) is 0 Å². The van der Waals surface area contributed by atoms with Crippen LogP contribution in [0.15, 0.2) is 46.2 Å². The number of halogens is 2. The van der Waals surface area contributed by atoms with Gasteiger partial charge in [-0.1, -0.05) is 23.2 Å². The Labute approximate surface area is 120 Å². The molecule has 2 aromatic carbocycles. The van der Waals surface area contributed by atoms with E-state index in [-0.39, 0.29) is 21.2 Å². The number of benzene rings is 2. The minimum absolute atomic E-state index is 0.0362. The highest BCUT2D eigenvalue weighted by molar-refractivity contribution is 7.91. The van der Waals surface area contributed by atoms with Crippen molar-refractivity contribution >= 4 is 44.4 Å². The predicted octanol–water partition coefficient (Wildman–Crippen LogP) is 2.99.